The number of esters is 1. The van der Waals surface area contributed by atoms with Crippen molar-refractivity contribution in [2.45, 2.75) is 19.5 Å². The second-order valence-corrected chi connectivity index (χ2v) is 6.83. The van der Waals surface area contributed by atoms with Gasteiger partial charge in [0.2, 0.25) is 0 Å². The fraction of sp³-hybridized carbons (Fsp3) is 0.227. The van der Waals surface area contributed by atoms with E-state index in [0.29, 0.717) is 28.3 Å². The van der Waals surface area contributed by atoms with Crippen molar-refractivity contribution in [2.75, 3.05) is 23.8 Å². The first-order chi connectivity index (χ1) is 14.9. The number of rotatable bonds is 8. The zero-order chi connectivity index (χ0) is 22.4. The number of carbonyl (C=O) groups excluding carboxylic acids is 2. The zero-order valence-corrected chi connectivity index (χ0v) is 16.8. The highest BCUT2D eigenvalue weighted by atomic mass is 19.1. The molecular weight excluding hydrogens is 406 g/mol. The molecule has 0 saturated carbocycles. The molecule has 0 bridgehead atoms. The molecule has 0 spiro atoms. The number of nitrogens with zero attached hydrogens (tertiary/aromatic N) is 1. The molecule has 4 N–H and O–H groups in total. The number of halogens is 2. The van der Waals surface area contributed by atoms with Gasteiger partial charge in [-0.1, -0.05) is 0 Å². The maximum atomic E-state index is 13.5. The summed E-state index contributed by atoms with van der Waals surface area (Å²) in [6, 6.07) is 8.17. The highest BCUT2D eigenvalue weighted by molar-refractivity contribution is 5.98. The summed E-state index contributed by atoms with van der Waals surface area (Å²) in [6.45, 7) is 2.16. The van der Waals surface area contributed by atoms with Crippen LogP contribution in [0.2, 0.25) is 0 Å². The van der Waals surface area contributed by atoms with Crippen molar-refractivity contribution in [1.29, 1.82) is 0 Å². The molecule has 2 aromatic rings. The van der Waals surface area contributed by atoms with E-state index in [1.807, 2.05) is 0 Å². The molecule has 7 nitrogen and oxygen atoms in total. The van der Waals surface area contributed by atoms with Crippen LogP contribution in [0.5, 0.6) is 0 Å². The van der Waals surface area contributed by atoms with Gasteiger partial charge in [-0.05, 0) is 48.9 Å². The topological polar surface area (TPSA) is 106 Å². The summed E-state index contributed by atoms with van der Waals surface area (Å²) in [5, 5.41) is 6.06. The molecule has 0 radical (unpaired) electrons. The Morgan fingerprint density at radius 3 is 2.68 bits per heavy atom. The average Bonchev–Trinajstić information content (AvgIpc) is 2.72. The molecule has 1 aromatic heterocycles. The van der Waals surface area contributed by atoms with Gasteiger partial charge in [0.25, 0.3) is 5.91 Å². The van der Waals surface area contributed by atoms with Gasteiger partial charge in [-0.3, -0.25) is 4.79 Å². The molecule has 9 heteroatoms. The predicted molar refractivity (Wildman–Crippen MR) is 114 cm³/mol. The lowest BCUT2D eigenvalue weighted by atomic mass is 10.0. The van der Waals surface area contributed by atoms with Crippen LogP contribution in [-0.2, 0) is 4.74 Å². The molecule has 0 fully saturated rings. The summed E-state index contributed by atoms with van der Waals surface area (Å²) in [5.74, 6) is -1.33. The molecule has 1 atom stereocenters. The maximum absolute atomic E-state index is 13.5. The fourth-order valence-electron chi connectivity index (χ4n) is 3.03. The Labute approximate surface area is 178 Å². The number of amides is 1. The molecule has 1 aliphatic rings. The lowest BCUT2D eigenvalue weighted by Crippen LogP contribution is -2.17. The zero-order valence-electron chi connectivity index (χ0n) is 16.8. The summed E-state index contributed by atoms with van der Waals surface area (Å²) in [7, 11) is 0. The largest absolute Gasteiger partial charge is 0.462 e. The number of primary amides is 1. The van der Waals surface area contributed by atoms with Crippen LogP contribution in [0, 0.1) is 0 Å². The van der Waals surface area contributed by atoms with Gasteiger partial charge in [-0.25, -0.2) is 18.6 Å². The highest BCUT2D eigenvalue weighted by Crippen LogP contribution is 2.25. The molecule has 1 heterocycles. The van der Waals surface area contributed by atoms with E-state index in [2.05, 4.69) is 15.6 Å². The van der Waals surface area contributed by atoms with E-state index in [9.17, 15) is 18.4 Å². The van der Waals surface area contributed by atoms with Crippen LogP contribution in [0.15, 0.2) is 60.1 Å². The van der Waals surface area contributed by atoms with Crippen molar-refractivity contribution in [2.24, 2.45) is 5.73 Å². The van der Waals surface area contributed by atoms with Crippen LogP contribution in [-0.4, -0.2) is 36.2 Å². The number of carbonyl (C=O) groups is 2. The number of anilines is 3. The fourth-order valence-corrected chi connectivity index (χ4v) is 3.03. The van der Waals surface area contributed by atoms with Crippen molar-refractivity contribution in [3.63, 3.8) is 0 Å². The monoisotopic (exact) mass is 428 g/mol. The lowest BCUT2D eigenvalue weighted by Gasteiger charge is -2.17. The van der Waals surface area contributed by atoms with Crippen LogP contribution >= 0.6 is 0 Å². The number of nitrogens with one attached hydrogen (secondary N) is 2. The van der Waals surface area contributed by atoms with Gasteiger partial charge in [0.1, 0.15) is 17.8 Å². The van der Waals surface area contributed by atoms with Gasteiger partial charge < -0.3 is 21.1 Å². The number of nitrogens with two attached hydrogens (primary N) is 1. The van der Waals surface area contributed by atoms with Crippen molar-refractivity contribution in [3.05, 3.63) is 71.2 Å². The third-order valence-corrected chi connectivity index (χ3v) is 4.48. The Bertz CT molecular complexity index is 1040. The van der Waals surface area contributed by atoms with Crippen LogP contribution in [0.25, 0.3) is 0 Å². The van der Waals surface area contributed by atoms with Crippen molar-refractivity contribution in [1.82, 2.24) is 4.98 Å². The SMILES string of the molecule is CCOC(=O)c1ccc(Nc2cc(NCC3=CC(F)=CC(F)C3)c(C(N)=O)cn2)cc1. The number of pyridine rings is 1. The molecular formula is C22H22F2N4O3. The standard InChI is InChI=1S/C22H22F2N4O3/c1-2-31-22(30)14-3-5-17(6-4-14)28-20-10-19(18(12-27-20)21(25)29)26-11-13-7-15(23)9-16(24)8-13/h3-7,9-10,12,16H,2,8,11H2,1H3,(H2,25,29)(H2,26,27,28). The summed E-state index contributed by atoms with van der Waals surface area (Å²) in [5.41, 5.74) is 7.52. The Kier molecular flexibility index (Phi) is 6.96. The average molecular weight is 428 g/mol. The summed E-state index contributed by atoms with van der Waals surface area (Å²) in [6.07, 6.45) is 2.17. The van der Waals surface area contributed by atoms with Crippen LogP contribution < -0.4 is 16.4 Å². The number of alkyl halides is 1. The molecule has 1 unspecified atom stereocenters. The van der Waals surface area contributed by atoms with Gasteiger partial charge in [0.15, 0.2) is 0 Å². The van der Waals surface area contributed by atoms with E-state index in [-0.39, 0.29) is 25.1 Å². The molecule has 0 aliphatic heterocycles. The van der Waals surface area contributed by atoms with E-state index < -0.39 is 23.9 Å². The van der Waals surface area contributed by atoms with Crippen molar-refractivity contribution in [3.8, 4) is 0 Å². The van der Waals surface area contributed by atoms with Gasteiger partial charge in [-0.15, -0.1) is 0 Å². The lowest BCUT2D eigenvalue weighted by molar-refractivity contribution is 0.0526. The number of ether oxygens (including phenoxy) is 1. The second-order valence-electron chi connectivity index (χ2n) is 6.83. The Hall–Kier alpha value is -3.75. The first kappa shape index (κ1) is 21.9. The van der Waals surface area contributed by atoms with Crippen LogP contribution in [0.1, 0.15) is 34.1 Å². The molecule has 162 valence electrons. The Balaban J connectivity index is 1.74. The predicted octanol–water partition coefficient (Wildman–Crippen LogP) is 4.03. The van der Waals surface area contributed by atoms with E-state index in [1.54, 1.807) is 37.3 Å². The van der Waals surface area contributed by atoms with Gasteiger partial charge >= 0.3 is 5.97 Å². The van der Waals surface area contributed by atoms with Gasteiger partial charge in [0, 0.05) is 30.9 Å². The number of hydrogen-bond acceptors (Lipinski definition) is 6. The first-order valence-corrected chi connectivity index (χ1v) is 9.64. The summed E-state index contributed by atoms with van der Waals surface area (Å²) in [4.78, 5) is 27.7. The van der Waals surface area contributed by atoms with Gasteiger partial charge in [0.05, 0.1) is 23.4 Å². The molecule has 3 rings (SSSR count). The van der Waals surface area contributed by atoms with Gasteiger partial charge in [-0.2, -0.15) is 0 Å². The smallest absolute Gasteiger partial charge is 0.338 e. The first-order valence-electron chi connectivity index (χ1n) is 9.64. The molecule has 0 saturated heterocycles. The minimum absolute atomic E-state index is 0.0648. The molecule has 1 aromatic carbocycles. The number of hydrogen-bond donors (Lipinski definition) is 3. The molecule has 1 aliphatic carbocycles. The van der Waals surface area contributed by atoms with E-state index >= 15 is 0 Å². The van der Waals surface area contributed by atoms with E-state index in [1.165, 1.54) is 12.3 Å². The maximum Gasteiger partial charge on any atom is 0.338 e. The summed E-state index contributed by atoms with van der Waals surface area (Å²) >= 11 is 0. The molecule has 1 amide bonds. The number of allylic oxidation sites excluding steroid dienone is 3. The van der Waals surface area contributed by atoms with Crippen molar-refractivity contribution < 1.29 is 23.1 Å². The third-order valence-electron chi connectivity index (χ3n) is 4.48. The van der Waals surface area contributed by atoms with E-state index in [4.69, 9.17) is 10.5 Å². The quantitative estimate of drug-likeness (QED) is 0.548. The summed E-state index contributed by atoms with van der Waals surface area (Å²) < 4.78 is 31.9. The third kappa shape index (κ3) is 5.88. The number of aromatic nitrogens is 1. The Morgan fingerprint density at radius 2 is 2.03 bits per heavy atom. The minimum atomic E-state index is -1.38. The van der Waals surface area contributed by atoms with Crippen molar-refractivity contribution >= 4 is 29.1 Å². The van der Waals surface area contributed by atoms with Crippen LogP contribution in [0.3, 0.4) is 0 Å². The van der Waals surface area contributed by atoms with E-state index in [0.717, 1.165) is 6.08 Å². The molecule has 31 heavy (non-hydrogen) atoms. The van der Waals surface area contributed by atoms with Crippen LogP contribution in [0.4, 0.5) is 26.0 Å². The second kappa shape index (κ2) is 9.84. The number of benzene rings is 1. The Morgan fingerprint density at radius 1 is 1.29 bits per heavy atom. The normalized spacial score (nSPS) is 15.5. The minimum Gasteiger partial charge on any atom is -0.462 e. The highest BCUT2D eigenvalue weighted by Gasteiger charge is 2.16.